The topological polar surface area (TPSA) is 96.9 Å². The van der Waals surface area contributed by atoms with E-state index in [1.54, 1.807) is 0 Å². The van der Waals surface area contributed by atoms with Gasteiger partial charge in [0.2, 0.25) is 10.7 Å². The van der Waals surface area contributed by atoms with E-state index >= 15 is 0 Å². The van der Waals surface area contributed by atoms with E-state index in [2.05, 4.69) is 26.0 Å². The van der Waals surface area contributed by atoms with E-state index < -0.39 is 5.97 Å². The van der Waals surface area contributed by atoms with Crippen molar-refractivity contribution in [1.82, 2.24) is 14.8 Å². The fourth-order valence-corrected chi connectivity index (χ4v) is 0.937. The van der Waals surface area contributed by atoms with E-state index in [9.17, 15) is 9.90 Å². The van der Waals surface area contributed by atoms with E-state index in [1.807, 2.05) is 0 Å². The van der Waals surface area contributed by atoms with Gasteiger partial charge in [0.15, 0.2) is 0 Å². The Balaban J connectivity index is 0.00000121. The quantitative estimate of drug-likeness (QED) is 0.539. The molecule has 1 aromatic rings. The Labute approximate surface area is 119 Å². The van der Waals surface area contributed by atoms with Crippen LogP contribution in [0.3, 0.4) is 0 Å². The SMILES string of the molecule is Nc1nc(Br)nn1CC(=O)[O-].[K+]. The van der Waals surface area contributed by atoms with Crippen molar-refractivity contribution < 1.29 is 61.3 Å². The molecule has 0 aliphatic rings. The molecule has 1 rings (SSSR count). The van der Waals surface area contributed by atoms with E-state index in [0.717, 1.165) is 4.68 Å². The van der Waals surface area contributed by atoms with E-state index in [1.165, 1.54) is 0 Å². The second-order valence-corrected chi connectivity index (χ2v) is 2.48. The number of nitrogens with zero attached hydrogens (tertiary/aromatic N) is 3. The molecule has 0 fully saturated rings. The Morgan fingerprint density at radius 1 is 1.75 bits per heavy atom. The molecule has 0 saturated carbocycles. The van der Waals surface area contributed by atoms with Gasteiger partial charge in [0.1, 0.15) is 0 Å². The van der Waals surface area contributed by atoms with Gasteiger partial charge in [-0.3, -0.25) is 0 Å². The van der Waals surface area contributed by atoms with Crippen LogP contribution in [-0.4, -0.2) is 20.7 Å². The molecule has 0 spiro atoms. The summed E-state index contributed by atoms with van der Waals surface area (Å²) in [7, 11) is 0. The number of carboxylic acids is 1. The van der Waals surface area contributed by atoms with Crippen LogP contribution in [0.15, 0.2) is 4.73 Å². The molecule has 0 amide bonds. The predicted molar refractivity (Wildman–Crippen MR) is 37.1 cm³/mol. The van der Waals surface area contributed by atoms with Crippen LogP contribution < -0.4 is 62.2 Å². The van der Waals surface area contributed by atoms with Crippen molar-refractivity contribution in [1.29, 1.82) is 0 Å². The zero-order valence-corrected chi connectivity index (χ0v) is 11.0. The summed E-state index contributed by atoms with van der Waals surface area (Å²) < 4.78 is 1.29. The summed E-state index contributed by atoms with van der Waals surface area (Å²) in [6.45, 7) is -0.384. The van der Waals surface area contributed by atoms with E-state index in [4.69, 9.17) is 5.73 Å². The van der Waals surface area contributed by atoms with Crippen LogP contribution in [0.4, 0.5) is 5.95 Å². The number of carbonyl (C=O) groups excluding carboxylic acids is 1. The smallest absolute Gasteiger partial charge is 0.548 e. The molecular formula is C4H4BrKN4O2. The number of aliphatic carboxylic acids is 1. The second kappa shape index (κ2) is 5.30. The van der Waals surface area contributed by atoms with Crippen LogP contribution in [0.25, 0.3) is 0 Å². The normalized spacial score (nSPS) is 9.08. The maximum Gasteiger partial charge on any atom is 1.00 e. The van der Waals surface area contributed by atoms with Crippen molar-refractivity contribution in [3.05, 3.63) is 4.73 Å². The molecular weight excluding hydrogens is 255 g/mol. The van der Waals surface area contributed by atoms with Crippen LogP contribution in [0.5, 0.6) is 0 Å². The summed E-state index contributed by atoms with van der Waals surface area (Å²) in [6.07, 6.45) is 0. The summed E-state index contributed by atoms with van der Waals surface area (Å²) in [5.74, 6) is -1.21. The van der Waals surface area contributed by atoms with Crippen molar-refractivity contribution in [2.75, 3.05) is 5.73 Å². The van der Waals surface area contributed by atoms with Crippen molar-refractivity contribution in [2.45, 2.75) is 6.54 Å². The Hall–Kier alpha value is 0.526. The average molecular weight is 259 g/mol. The molecule has 0 aliphatic carbocycles. The first kappa shape index (κ1) is 12.5. The summed E-state index contributed by atoms with van der Waals surface area (Å²) in [5, 5.41) is 13.7. The van der Waals surface area contributed by atoms with Gasteiger partial charge in [-0.25, -0.2) is 4.68 Å². The Morgan fingerprint density at radius 2 is 2.33 bits per heavy atom. The Bertz CT molecular complexity index is 289. The van der Waals surface area contributed by atoms with Crippen molar-refractivity contribution in [3.8, 4) is 0 Å². The number of nitrogen functional groups attached to an aromatic ring is 1. The molecule has 8 heteroatoms. The molecule has 0 unspecified atom stereocenters. The largest absolute Gasteiger partial charge is 1.00 e. The van der Waals surface area contributed by atoms with Gasteiger partial charge in [-0.15, -0.1) is 5.10 Å². The monoisotopic (exact) mass is 258 g/mol. The standard InChI is InChI=1S/C4H5BrN4O2.K/c5-3-7-4(6)9(8-3)1-2(10)11;/h1H2,(H,10,11)(H2,6,7,8);/q;+1/p-1. The third-order valence-corrected chi connectivity index (χ3v) is 1.29. The number of nitrogens with two attached hydrogens (primary N) is 1. The first-order valence-electron chi connectivity index (χ1n) is 2.65. The minimum Gasteiger partial charge on any atom is -0.548 e. The minimum absolute atomic E-state index is 0. The third kappa shape index (κ3) is 3.50. The Kier molecular flexibility index (Phi) is 5.53. The molecule has 0 aromatic carbocycles. The number of carboxylic acid groups (broad SMARTS) is 1. The predicted octanol–water partition coefficient (Wildman–Crippen LogP) is -4.62. The number of rotatable bonds is 2. The molecule has 0 atom stereocenters. The van der Waals surface area contributed by atoms with Crippen LogP contribution in [0, 0.1) is 0 Å². The number of aromatic nitrogens is 3. The van der Waals surface area contributed by atoms with Gasteiger partial charge in [0.25, 0.3) is 0 Å². The summed E-state index contributed by atoms with van der Waals surface area (Å²) >= 11 is 2.94. The van der Waals surface area contributed by atoms with Crippen LogP contribution in [0.1, 0.15) is 0 Å². The number of hydrogen-bond donors (Lipinski definition) is 1. The number of carbonyl (C=O) groups is 1. The summed E-state index contributed by atoms with van der Waals surface area (Å²) in [4.78, 5) is 13.7. The van der Waals surface area contributed by atoms with Crippen molar-refractivity contribution in [2.24, 2.45) is 0 Å². The van der Waals surface area contributed by atoms with Gasteiger partial charge in [-0.2, -0.15) is 4.98 Å². The minimum atomic E-state index is -1.26. The van der Waals surface area contributed by atoms with E-state index in [0.29, 0.717) is 0 Å². The van der Waals surface area contributed by atoms with Gasteiger partial charge in [-0.05, 0) is 15.9 Å². The number of halogens is 1. The molecule has 12 heavy (non-hydrogen) atoms. The molecule has 60 valence electrons. The number of hydrogen-bond acceptors (Lipinski definition) is 5. The number of anilines is 1. The van der Waals surface area contributed by atoms with E-state index in [-0.39, 0.29) is 68.6 Å². The zero-order chi connectivity index (χ0) is 8.43. The van der Waals surface area contributed by atoms with Gasteiger partial charge in [0, 0.05) is 0 Å². The molecule has 1 aromatic heterocycles. The van der Waals surface area contributed by atoms with Gasteiger partial charge < -0.3 is 15.6 Å². The first-order chi connectivity index (χ1) is 5.09. The Morgan fingerprint density at radius 3 is 2.67 bits per heavy atom. The second-order valence-electron chi connectivity index (χ2n) is 1.77. The molecule has 0 aliphatic heterocycles. The molecule has 0 saturated heterocycles. The molecule has 1 heterocycles. The summed E-state index contributed by atoms with van der Waals surface area (Å²) in [6, 6.07) is 0. The fraction of sp³-hybridized carbons (Fsp3) is 0.250. The van der Waals surface area contributed by atoms with Gasteiger partial charge in [0.05, 0.1) is 12.5 Å². The van der Waals surface area contributed by atoms with Crippen LogP contribution in [-0.2, 0) is 11.3 Å². The maximum absolute atomic E-state index is 10.1. The average Bonchev–Trinajstić information content (AvgIpc) is 2.09. The van der Waals surface area contributed by atoms with Gasteiger partial charge in [-0.1, -0.05) is 0 Å². The molecule has 2 N–H and O–H groups in total. The summed E-state index contributed by atoms with van der Waals surface area (Å²) in [5.41, 5.74) is 5.26. The fourth-order valence-electron chi connectivity index (χ4n) is 0.564. The van der Waals surface area contributed by atoms with Crippen molar-refractivity contribution in [3.63, 3.8) is 0 Å². The van der Waals surface area contributed by atoms with Gasteiger partial charge >= 0.3 is 51.4 Å². The zero-order valence-electron chi connectivity index (χ0n) is 6.32. The van der Waals surface area contributed by atoms with Crippen molar-refractivity contribution >= 4 is 27.8 Å². The van der Waals surface area contributed by atoms with Crippen LogP contribution >= 0.6 is 15.9 Å². The molecule has 6 nitrogen and oxygen atoms in total. The maximum atomic E-state index is 10.1. The van der Waals surface area contributed by atoms with Crippen LogP contribution in [0.2, 0.25) is 0 Å². The molecule has 0 bridgehead atoms. The third-order valence-electron chi connectivity index (χ3n) is 0.953. The molecule has 0 radical (unpaired) electrons. The first-order valence-corrected chi connectivity index (χ1v) is 3.44.